The summed E-state index contributed by atoms with van der Waals surface area (Å²) in [5.74, 6) is 1.98. The van der Waals surface area contributed by atoms with Crippen LogP contribution in [0.5, 0.6) is 0 Å². The maximum absolute atomic E-state index is 11.9. The van der Waals surface area contributed by atoms with Gasteiger partial charge in [0.15, 0.2) is 0 Å². The number of nitrogens with one attached hydrogen (secondary N) is 2. The van der Waals surface area contributed by atoms with E-state index in [0.29, 0.717) is 17.8 Å². The molecule has 2 rings (SSSR count). The fourth-order valence-corrected chi connectivity index (χ4v) is 2.71. The summed E-state index contributed by atoms with van der Waals surface area (Å²) in [7, 11) is 0. The Labute approximate surface area is 144 Å². The Bertz CT molecular complexity index is 658. The van der Waals surface area contributed by atoms with E-state index in [9.17, 15) is 9.59 Å². The highest BCUT2D eigenvalue weighted by Gasteiger charge is 2.13. The van der Waals surface area contributed by atoms with E-state index in [2.05, 4.69) is 10.6 Å². The zero-order valence-corrected chi connectivity index (χ0v) is 14.2. The van der Waals surface area contributed by atoms with E-state index in [-0.39, 0.29) is 12.6 Å². The summed E-state index contributed by atoms with van der Waals surface area (Å²) in [6.45, 7) is 2.53. The summed E-state index contributed by atoms with van der Waals surface area (Å²) in [5, 5.41) is 5.43. The number of furan rings is 1. The number of hydrogen-bond donors (Lipinski definition) is 2. The summed E-state index contributed by atoms with van der Waals surface area (Å²) in [6, 6.07) is 10.2. The topological polar surface area (TPSA) is 80.6 Å². The van der Waals surface area contributed by atoms with Crippen LogP contribution in [0.15, 0.2) is 47.1 Å². The summed E-state index contributed by atoms with van der Waals surface area (Å²) >= 11 is 1.66. The summed E-state index contributed by atoms with van der Waals surface area (Å²) in [5.41, 5.74) is 0.762. The molecule has 0 aliphatic rings. The lowest BCUT2D eigenvalue weighted by atomic mass is 10.2. The second kappa shape index (κ2) is 9.67. The zero-order valence-electron chi connectivity index (χ0n) is 13.4. The fraction of sp³-hybridized carbons (Fsp3) is 0.294. The van der Waals surface area contributed by atoms with Gasteiger partial charge in [-0.25, -0.2) is 9.59 Å². The van der Waals surface area contributed by atoms with Gasteiger partial charge in [-0.3, -0.25) is 0 Å². The quantitative estimate of drug-likeness (QED) is 0.564. The first-order valence-corrected chi connectivity index (χ1v) is 8.77. The van der Waals surface area contributed by atoms with Gasteiger partial charge >= 0.3 is 12.0 Å². The molecular weight excluding hydrogens is 328 g/mol. The minimum atomic E-state index is -0.456. The van der Waals surface area contributed by atoms with E-state index in [4.69, 9.17) is 9.15 Å². The molecule has 6 nitrogen and oxygen atoms in total. The molecule has 0 saturated heterocycles. The van der Waals surface area contributed by atoms with Gasteiger partial charge in [-0.05, 0) is 31.2 Å². The summed E-state index contributed by atoms with van der Waals surface area (Å²) in [6.07, 6.45) is 1.64. The molecule has 1 heterocycles. The molecule has 0 fully saturated rings. The predicted molar refractivity (Wildman–Crippen MR) is 94.3 cm³/mol. The van der Waals surface area contributed by atoms with Crippen molar-refractivity contribution in [2.24, 2.45) is 0 Å². The monoisotopic (exact) mass is 348 g/mol. The molecular formula is C17H20N2O4S. The molecule has 0 bridgehead atoms. The first-order chi connectivity index (χ1) is 11.7. The van der Waals surface area contributed by atoms with E-state index in [1.54, 1.807) is 49.2 Å². The Morgan fingerprint density at radius 1 is 1.21 bits per heavy atom. The first-order valence-electron chi connectivity index (χ1n) is 7.62. The van der Waals surface area contributed by atoms with Crippen LogP contribution >= 0.6 is 11.8 Å². The number of urea groups is 1. The van der Waals surface area contributed by atoms with Gasteiger partial charge < -0.3 is 19.8 Å². The number of para-hydroxylation sites is 1. The van der Waals surface area contributed by atoms with Crippen LogP contribution in [0.1, 0.15) is 23.0 Å². The molecule has 2 amide bonds. The molecule has 0 saturated carbocycles. The standard InChI is InChI=1S/C17H20N2O4S/c1-2-22-16(20)14-7-3-4-8-15(14)19-17(21)18-9-11-24-12-13-6-5-10-23-13/h3-8,10H,2,9,11-12H2,1H3,(H2,18,19,21). The molecule has 0 aliphatic heterocycles. The van der Waals surface area contributed by atoms with Crippen LogP contribution in [-0.2, 0) is 10.5 Å². The van der Waals surface area contributed by atoms with Crippen molar-refractivity contribution in [3.05, 3.63) is 54.0 Å². The Hall–Kier alpha value is -2.41. The van der Waals surface area contributed by atoms with E-state index < -0.39 is 5.97 Å². The van der Waals surface area contributed by atoms with Crippen molar-refractivity contribution in [2.45, 2.75) is 12.7 Å². The lowest BCUT2D eigenvalue weighted by molar-refractivity contribution is 0.0527. The molecule has 7 heteroatoms. The van der Waals surface area contributed by atoms with Crippen molar-refractivity contribution in [3.8, 4) is 0 Å². The summed E-state index contributed by atoms with van der Waals surface area (Å²) < 4.78 is 10.2. The average molecular weight is 348 g/mol. The number of hydrogen-bond acceptors (Lipinski definition) is 5. The maximum Gasteiger partial charge on any atom is 0.340 e. The van der Waals surface area contributed by atoms with Crippen LogP contribution in [0.2, 0.25) is 0 Å². The molecule has 24 heavy (non-hydrogen) atoms. The van der Waals surface area contributed by atoms with Crippen LogP contribution in [0.3, 0.4) is 0 Å². The smallest absolute Gasteiger partial charge is 0.340 e. The Morgan fingerprint density at radius 3 is 2.79 bits per heavy atom. The predicted octanol–water partition coefficient (Wildman–Crippen LogP) is 3.51. The molecule has 0 unspecified atom stereocenters. The molecule has 0 spiro atoms. The van der Waals surface area contributed by atoms with Crippen molar-refractivity contribution < 1.29 is 18.7 Å². The number of rotatable bonds is 8. The average Bonchev–Trinajstić information content (AvgIpc) is 3.08. The van der Waals surface area contributed by atoms with Crippen molar-refractivity contribution in [2.75, 3.05) is 24.2 Å². The van der Waals surface area contributed by atoms with Gasteiger partial charge in [0.25, 0.3) is 0 Å². The number of esters is 1. The number of benzene rings is 1. The van der Waals surface area contributed by atoms with Gasteiger partial charge in [-0.1, -0.05) is 12.1 Å². The molecule has 128 valence electrons. The van der Waals surface area contributed by atoms with Crippen molar-refractivity contribution in [1.29, 1.82) is 0 Å². The molecule has 1 aromatic carbocycles. The molecule has 0 radical (unpaired) electrons. The normalized spacial score (nSPS) is 10.2. The van der Waals surface area contributed by atoms with Crippen LogP contribution < -0.4 is 10.6 Å². The molecule has 2 N–H and O–H groups in total. The van der Waals surface area contributed by atoms with E-state index in [0.717, 1.165) is 17.3 Å². The van der Waals surface area contributed by atoms with Gasteiger partial charge in [0.05, 0.1) is 29.9 Å². The minimum absolute atomic E-state index is 0.284. The van der Waals surface area contributed by atoms with Crippen LogP contribution in [-0.4, -0.2) is 30.9 Å². The van der Waals surface area contributed by atoms with Gasteiger partial charge in [-0.15, -0.1) is 0 Å². The first kappa shape index (κ1) is 17.9. The maximum atomic E-state index is 11.9. The van der Waals surface area contributed by atoms with Gasteiger partial charge in [0.2, 0.25) is 0 Å². The fourth-order valence-electron chi connectivity index (χ4n) is 1.95. The molecule has 0 aliphatic carbocycles. The second-order valence-electron chi connectivity index (χ2n) is 4.78. The van der Waals surface area contributed by atoms with Crippen LogP contribution in [0.25, 0.3) is 0 Å². The summed E-state index contributed by atoms with van der Waals surface area (Å²) in [4.78, 5) is 23.8. The Kier molecular flexibility index (Phi) is 7.22. The SMILES string of the molecule is CCOC(=O)c1ccccc1NC(=O)NCCSCc1ccco1. The third-order valence-electron chi connectivity index (χ3n) is 3.03. The number of carbonyl (C=O) groups excluding carboxylic acids is 2. The minimum Gasteiger partial charge on any atom is -0.468 e. The van der Waals surface area contributed by atoms with Gasteiger partial charge in [0, 0.05) is 12.3 Å². The largest absolute Gasteiger partial charge is 0.468 e. The Balaban J connectivity index is 1.75. The van der Waals surface area contributed by atoms with Gasteiger partial charge in [-0.2, -0.15) is 11.8 Å². The van der Waals surface area contributed by atoms with E-state index in [1.807, 2.05) is 12.1 Å². The number of ether oxygens (including phenoxy) is 1. The highest BCUT2D eigenvalue weighted by molar-refractivity contribution is 7.98. The van der Waals surface area contributed by atoms with E-state index in [1.165, 1.54) is 0 Å². The van der Waals surface area contributed by atoms with Gasteiger partial charge in [0.1, 0.15) is 5.76 Å². The number of anilines is 1. The Morgan fingerprint density at radius 2 is 2.04 bits per heavy atom. The molecule has 1 aromatic heterocycles. The number of carbonyl (C=O) groups is 2. The lowest BCUT2D eigenvalue weighted by Gasteiger charge is -2.11. The van der Waals surface area contributed by atoms with Crippen molar-refractivity contribution >= 4 is 29.4 Å². The third kappa shape index (κ3) is 5.66. The molecule has 2 aromatic rings. The zero-order chi connectivity index (χ0) is 17.2. The van der Waals surface area contributed by atoms with Crippen molar-refractivity contribution in [3.63, 3.8) is 0 Å². The third-order valence-corrected chi connectivity index (χ3v) is 4.01. The van der Waals surface area contributed by atoms with Crippen LogP contribution in [0, 0.1) is 0 Å². The molecule has 0 atom stereocenters. The number of amides is 2. The highest BCUT2D eigenvalue weighted by atomic mass is 32.2. The van der Waals surface area contributed by atoms with Crippen LogP contribution in [0.4, 0.5) is 10.5 Å². The van der Waals surface area contributed by atoms with Crippen molar-refractivity contribution in [1.82, 2.24) is 5.32 Å². The second-order valence-corrected chi connectivity index (χ2v) is 5.88. The van der Waals surface area contributed by atoms with E-state index >= 15 is 0 Å². The number of thioether (sulfide) groups is 1. The lowest BCUT2D eigenvalue weighted by Crippen LogP contribution is -2.31. The highest BCUT2D eigenvalue weighted by Crippen LogP contribution is 2.16.